The lowest BCUT2D eigenvalue weighted by atomic mass is 10.1. The van der Waals surface area contributed by atoms with Gasteiger partial charge in [-0.25, -0.2) is 0 Å². The molecule has 120 valence electrons. The van der Waals surface area contributed by atoms with Gasteiger partial charge >= 0.3 is 0 Å². The first-order valence-electron chi connectivity index (χ1n) is 7.34. The number of benzene rings is 1. The fourth-order valence-electron chi connectivity index (χ4n) is 2.06. The average molecular weight is 312 g/mol. The van der Waals surface area contributed by atoms with Gasteiger partial charge in [-0.05, 0) is 37.1 Å². The van der Waals surface area contributed by atoms with Crippen LogP contribution in [-0.4, -0.2) is 30.5 Å². The van der Waals surface area contributed by atoms with Gasteiger partial charge in [0, 0.05) is 6.54 Å². The van der Waals surface area contributed by atoms with Crippen LogP contribution in [0.1, 0.15) is 22.4 Å². The van der Waals surface area contributed by atoms with E-state index >= 15 is 0 Å². The van der Waals surface area contributed by atoms with Gasteiger partial charge in [0.2, 0.25) is 0 Å². The Labute approximate surface area is 136 Å². The summed E-state index contributed by atoms with van der Waals surface area (Å²) in [5.74, 6) is 1.31. The van der Waals surface area contributed by atoms with Crippen LogP contribution in [-0.2, 0) is 11.3 Å². The van der Waals surface area contributed by atoms with E-state index in [9.17, 15) is 5.26 Å². The average Bonchev–Trinajstić information content (AvgIpc) is 2.58. The quantitative estimate of drug-likeness (QED) is 0.792. The number of hydrogen-bond donors (Lipinski definition) is 1. The Bertz CT molecular complexity index is 710. The lowest BCUT2D eigenvalue weighted by molar-refractivity contribution is 0.130. The van der Waals surface area contributed by atoms with Gasteiger partial charge in [0.25, 0.3) is 0 Å². The molecule has 0 aliphatic rings. The molecule has 1 aromatic heterocycles. The molecule has 0 unspecified atom stereocenters. The summed E-state index contributed by atoms with van der Waals surface area (Å²) in [6, 6.07) is 9.92. The second kappa shape index (κ2) is 8.11. The third kappa shape index (κ3) is 4.41. The maximum Gasteiger partial charge on any atom is 0.167 e. The number of hydrogen-bond acceptors (Lipinski definition) is 6. The number of ether oxygens (including phenoxy) is 2. The molecule has 2 rings (SSSR count). The number of anilines is 1. The van der Waals surface area contributed by atoms with E-state index in [1.165, 1.54) is 0 Å². The summed E-state index contributed by atoms with van der Waals surface area (Å²) in [6.07, 6.45) is 0. The number of nitriles is 1. The van der Waals surface area contributed by atoms with Crippen LogP contribution in [0.4, 0.5) is 5.82 Å². The molecule has 0 aliphatic heterocycles. The first kappa shape index (κ1) is 16.7. The summed E-state index contributed by atoms with van der Waals surface area (Å²) >= 11 is 0. The molecule has 0 radical (unpaired) electrons. The fraction of sp³-hybridized carbons (Fsp3) is 0.353. The predicted molar refractivity (Wildman–Crippen MR) is 87.4 cm³/mol. The van der Waals surface area contributed by atoms with Crippen molar-refractivity contribution in [2.75, 3.05) is 25.6 Å². The Morgan fingerprint density at radius 1 is 1.26 bits per heavy atom. The monoisotopic (exact) mass is 312 g/mol. The molecule has 2 aromatic rings. The second-order valence-electron chi connectivity index (χ2n) is 5.08. The van der Waals surface area contributed by atoms with Crippen molar-refractivity contribution in [3.8, 4) is 11.8 Å². The summed E-state index contributed by atoms with van der Waals surface area (Å²) in [7, 11) is 1.64. The molecule has 23 heavy (non-hydrogen) atoms. The minimum Gasteiger partial charge on any atom is -0.497 e. The van der Waals surface area contributed by atoms with Crippen LogP contribution in [0.2, 0.25) is 0 Å². The molecule has 1 N–H and O–H groups in total. The number of rotatable bonds is 7. The van der Waals surface area contributed by atoms with Crippen LogP contribution in [0, 0.1) is 25.2 Å². The van der Waals surface area contributed by atoms with Crippen molar-refractivity contribution in [2.45, 2.75) is 20.5 Å². The maximum absolute atomic E-state index is 9.22. The van der Waals surface area contributed by atoms with Crippen molar-refractivity contribution in [1.29, 1.82) is 5.26 Å². The Morgan fingerprint density at radius 2 is 2.09 bits per heavy atom. The Balaban J connectivity index is 1.82. The third-order valence-corrected chi connectivity index (χ3v) is 3.51. The molecule has 0 atom stereocenters. The molecule has 0 bridgehead atoms. The summed E-state index contributed by atoms with van der Waals surface area (Å²) in [4.78, 5) is 0. The zero-order valence-electron chi connectivity index (χ0n) is 13.6. The molecule has 0 fully saturated rings. The summed E-state index contributed by atoms with van der Waals surface area (Å²) in [5.41, 5.74) is 3.20. The van der Waals surface area contributed by atoms with Gasteiger partial charge in [0.1, 0.15) is 17.4 Å². The molecular weight excluding hydrogens is 292 g/mol. The number of methoxy groups -OCH3 is 1. The third-order valence-electron chi connectivity index (χ3n) is 3.51. The number of nitrogens with zero attached hydrogens (tertiary/aromatic N) is 3. The van der Waals surface area contributed by atoms with Crippen molar-refractivity contribution >= 4 is 5.82 Å². The zero-order valence-corrected chi connectivity index (χ0v) is 13.6. The van der Waals surface area contributed by atoms with Crippen LogP contribution in [0.15, 0.2) is 24.3 Å². The molecule has 0 saturated carbocycles. The molecule has 0 amide bonds. The van der Waals surface area contributed by atoms with E-state index in [1.54, 1.807) is 7.11 Å². The van der Waals surface area contributed by atoms with Crippen LogP contribution < -0.4 is 10.1 Å². The van der Waals surface area contributed by atoms with E-state index < -0.39 is 0 Å². The Hall–Kier alpha value is -2.65. The first-order chi connectivity index (χ1) is 11.2. The predicted octanol–water partition coefficient (Wildman–Crippen LogP) is 2.60. The molecule has 6 nitrogen and oxygen atoms in total. The molecule has 0 spiro atoms. The smallest absolute Gasteiger partial charge is 0.167 e. The standard InChI is InChI=1S/C17H20N4O2/c1-12-13(2)20-21-17(16(12)10-18)19-7-8-23-11-14-5-4-6-15(9-14)22-3/h4-6,9H,7-8,11H2,1-3H3,(H,19,21). The molecule has 0 aliphatic carbocycles. The van der Waals surface area contributed by atoms with Crippen molar-refractivity contribution in [3.05, 3.63) is 46.6 Å². The lowest BCUT2D eigenvalue weighted by Crippen LogP contribution is -2.13. The SMILES string of the molecule is COc1cccc(COCCNc2nnc(C)c(C)c2C#N)c1. The first-order valence-corrected chi connectivity index (χ1v) is 7.34. The van der Waals surface area contributed by atoms with Gasteiger partial charge < -0.3 is 14.8 Å². The molecule has 1 heterocycles. The van der Waals surface area contributed by atoms with E-state index in [-0.39, 0.29) is 0 Å². The second-order valence-corrected chi connectivity index (χ2v) is 5.08. The van der Waals surface area contributed by atoms with E-state index in [1.807, 2.05) is 38.1 Å². The topological polar surface area (TPSA) is 80.1 Å². The minimum atomic E-state index is 0.497. The van der Waals surface area contributed by atoms with Crippen molar-refractivity contribution in [2.24, 2.45) is 0 Å². The maximum atomic E-state index is 9.22. The highest BCUT2D eigenvalue weighted by Gasteiger charge is 2.09. The van der Waals surface area contributed by atoms with E-state index in [0.717, 1.165) is 22.6 Å². The van der Waals surface area contributed by atoms with E-state index in [2.05, 4.69) is 21.6 Å². The largest absolute Gasteiger partial charge is 0.497 e. The van der Waals surface area contributed by atoms with Gasteiger partial charge in [-0.2, -0.15) is 10.4 Å². The molecule has 1 aromatic carbocycles. The highest BCUT2D eigenvalue weighted by molar-refractivity contribution is 5.55. The molecule has 0 saturated heterocycles. The lowest BCUT2D eigenvalue weighted by Gasteiger charge is -2.10. The summed E-state index contributed by atoms with van der Waals surface area (Å²) in [5, 5.41) is 20.4. The van der Waals surface area contributed by atoms with Crippen molar-refractivity contribution < 1.29 is 9.47 Å². The van der Waals surface area contributed by atoms with Crippen LogP contribution in [0.25, 0.3) is 0 Å². The van der Waals surface area contributed by atoms with Gasteiger partial charge in [-0.1, -0.05) is 12.1 Å². The highest BCUT2D eigenvalue weighted by atomic mass is 16.5. The van der Waals surface area contributed by atoms with Gasteiger partial charge in [-0.15, -0.1) is 5.10 Å². The van der Waals surface area contributed by atoms with Crippen LogP contribution >= 0.6 is 0 Å². The summed E-state index contributed by atoms with van der Waals surface area (Å²) < 4.78 is 10.8. The van der Waals surface area contributed by atoms with Crippen LogP contribution in [0.5, 0.6) is 5.75 Å². The van der Waals surface area contributed by atoms with Crippen molar-refractivity contribution in [3.63, 3.8) is 0 Å². The minimum absolute atomic E-state index is 0.497. The van der Waals surface area contributed by atoms with Crippen LogP contribution in [0.3, 0.4) is 0 Å². The summed E-state index contributed by atoms with van der Waals surface area (Å²) in [6.45, 7) is 5.26. The zero-order chi connectivity index (χ0) is 16.7. The number of aryl methyl sites for hydroxylation is 1. The van der Waals surface area contributed by atoms with Gasteiger partial charge in [0.15, 0.2) is 5.82 Å². The van der Waals surface area contributed by atoms with Gasteiger partial charge in [-0.3, -0.25) is 0 Å². The van der Waals surface area contributed by atoms with E-state index in [0.29, 0.717) is 31.1 Å². The van der Waals surface area contributed by atoms with E-state index in [4.69, 9.17) is 9.47 Å². The normalized spacial score (nSPS) is 10.2. The number of nitrogens with one attached hydrogen (secondary N) is 1. The molecule has 6 heteroatoms. The molecular formula is C17H20N4O2. The van der Waals surface area contributed by atoms with Crippen molar-refractivity contribution in [1.82, 2.24) is 10.2 Å². The van der Waals surface area contributed by atoms with Gasteiger partial charge in [0.05, 0.1) is 26.0 Å². The fourth-order valence-corrected chi connectivity index (χ4v) is 2.06. The Morgan fingerprint density at radius 3 is 2.83 bits per heavy atom. The Kier molecular flexibility index (Phi) is 5.89. The highest BCUT2D eigenvalue weighted by Crippen LogP contribution is 2.17. The number of aromatic nitrogens is 2.